The van der Waals surface area contributed by atoms with Gasteiger partial charge in [0.05, 0.1) is 31.0 Å². The highest BCUT2D eigenvalue weighted by molar-refractivity contribution is 7.80. The monoisotopic (exact) mass is 576 g/mol. The Morgan fingerprint density at radius 3 is 2.66 bits per heavy atom. The lowest BCUT2D eigenvalue weighted by Crippen LogP contribution is -2.37. The SMILES string of the molecule is COCC(=O)Nc1ccc(N2C(=S)N[C@@H](c3ccccn3)[C@@H]2c2cc(C)n(CCCN3CCOCC3)c2C)cc1C. The van der Waals surface area contributed by atoms with Crippen LogP contribution in [0.15, 0.2) is 48.7 Å². The van der Waals surface area contributed by atoms with Gasteiger partial charge < -0.3 is 29.6 Å². The Morgan fingerprint density at radius 2 is 1.95 bits per heavy atom. The molecule has 10 heteroatoms. The third-order valence-corrected chi connectivity index (χ3v) is 8.34. The Kier molecular flexibility index (Phi) is 9.34. The molecular weight excluding hydrogens is 536 g/mol. The molecule has 0 unspecified atom stereocenters. The first-order chi connectivity index (χ1) is 19.9. The summed E-state index contributed by atoms with van der Waals surface area (Å²) in [5.41, 5.74) is 7.32. The summed E-state index contributed by atoms with van der Waals surface area (Å²) in [6.07, 6.45) is 2.91. The predicted octanol–water partition coefficient (Wildman–Crippen LogP) is 4.29. The van der Waals surface area contributed by atoms with Gasteiger partial charge in [-0.2, -0.15) is 0 Å². The maximum atomic E-state index is 12.1. The average molecular weight is 577 g/mol. The summed E-state index contributed by atoms with van der Waals surface area (Å²) in [6, 6.07) is 14.1. The van der Waals surface area contributed by atoms with Gasteiger partial charge in [0.2, 0.25) is 5.91 Å². The third kappa shape index (κ3) is 6.46. The molecule has 0 radical (unpaired) electrons. The quantitative estimate of drug-likeness (QED) is 0.346. The van der Waals surface area contributed by atoms with Gasteiger partial charge in [0, 0.05) is 62.2 Å². The van der Waals surface area contributed by atoms with Gasteiger partial charge in [-0.05, 0) is 86.9 Å². The van der Waals surface area contributed by atoms with E-state index in [9.17, 15) is 4.79 Å². The van der Waals surface area contributed by atoms with Gasteiger partial charge >= 0.3 is 0 Å². The number of pyridine rings is 1. The van der Waals surface area contributed by atoms with Crippen LogP contribution in [0, 0.1) is 20.8 Å². The van der Waals surface area contributed by atoms with E-state index in [4.69, 9.17) is 26.7 Å². The van der Waals surface area contributed by atoms with Gasteiger partial charge in [0.25, 0.3) is 0 Å². The van der Waals surface area contributed by atoms with Gasteiger partial charge in [-0.1, -0.05) is 6.07 Å². The molecule has 9 nitrogen and oxygen atoms in total. The Balaban J connectivity index is 1.46. The van der Waals surface area contributed by atoms with Crippen LogP contribution in [0.1, 0.15) is 46.7 Å². The van der Waals surface area contributed by atoms with Gasteiger partial charge in [-0.25, -0.2) is 0 Å². The number of thiocarbonyl (C=S) groups is 1. The van der Waals surface area contributed by atoms with Gasteiger partial charge in [0.1, 0.15) is 6.61 Å². The van der Waals surface area contributed by atoms with Crippen molar-refractivity contribution in [2.24, 2.45) is 0 Å². The number of amides is 1. The molecule has 3 aromatic rings. The van der Waals surface area contributed by atoms with Gasteiger partial charge in [-0.3, -0.25) is 14.7 Å². The molecule has 4 heterocycles. The number of ether oxygens (including phenoxy) is 2. The molecule has 2 N–H and O–H groups in total. The van der Waals surface area contributed by atoms with Crippen molar-refractivity contribution in [2.45, 2.75) is 45.8 Å². The number of benzene rings is 1. The summed E-state index contributed by atoms with van der Waals surface area (Å²) in [5.74, 6) is -0.184. The highest BCUT2D eigenvalue weighted by Crippen LogP contribution is 2.44. The number of hydrogen-bond acceptors (Lipinski definition) is 6. The van der Waals surface area contributed by atoms with Crippen molar-refractivity contribution in [1.82, 2.24) is 19.8 Å². The fourth-order valence-electron chi connectivity index (χ4n) is 5.95. The van der Waals surface area contributed by atoms with Crippen molar-refractivity contribution in [3.63, 3.8) is 0 Å². The molecule has 0 saturated carbocycles. The lowest BCUT2D eigenvalue weighted by atomic mass is 9.96. The summed E-state index contributed by atoms with van der Waals surface area (Å²) < 4.78 is 12.9. The number of rotatable bonds is 10. The second kappa shape index (κ2) is 13.1. The summed E-state index contributed by atoms with van der Waals surface area (Å²) in [7, 11) is 1.51. The number of morpholine rings is 1. The zero-order valence-corrected chi connectivity index (χ0v) is 25.2. The molecule has 2 atom stereocenters. The molecule has 2 saturated heterocycles. The third-order valence-electron chi connectivity index (χ3n) is 8.03. The predicted molar refractivity (Wildman–Crippen MR) is 165 cm³/mol. The molecule has 5 rings (SSSR count). The highest BCUT2D eigenvalue weighted by atomic mass is 32.1. The van der Waals surface area contributed by atoms with Crippen molar-refractivity contribution in [1.29, 1.82) is 0 Å². The van der Waals surface area contributed by atoms with Crippen LogP contribution >= 0.6 is 12.2 Å². The van der Waals surface area contributed by atoms with Gasteiger partial charge in [0.15, 0.2) is 5.11 Å². The molecule has 0 bridgehead atoms. The van der Waals surface area contributed by atoms with E-state index in [1.165, 1.54) is 24.1 Å². The summed E-state index contributed by atoms with van der Waals surface area (Å²) >= 11 is 5.96. The second-order valence-electron chi connectivity index (χ2n) is 10.8. The van der Waals surface area contributed by atoms with Crippen molar-refractivity contribution >= 4 is 34.6 Å². The minimum atomic E-state index is -0.184. The maximum absolute atomic E-state index is 12.1. The number of methoxy groups -OCH3 is 1. The Bertz CT molecular complexity index is 1370. The molecule has 2 aromatic heterocycles. The van der Waals surface area contributed by atoms with E-state index in [-0.39, 0.29) is 24.6 Å². The number of nitrogens with one attached hydrogen (secondary N) is 2. The maximum Gasteiger partial charge on any atom is 0.250 e. The summed E-state index contributed by atoms with van der Waals surface area (Å²) in [4.78, 5) is 21.5. The Morgan fingerprint density at radius 1 is 1.15 bits per heavy atom. The average Bonchev–Trinajstić information content (AvgIpc) is 3.46. The van der Waals surface area contributed by atoms with Crippen LogP contribution in [-0.2, 0) is 20.8 Å². The zero-order chi connectivity index (χ0) is 28.9. The van der Waals surface area contributed by atoms with Crippen LogP contribution in [0.2, 0.25) is 0 Å². The van der Waals surface area contributed by atoms with Crippen LogP contribution < -0.4 is 15.5 Å². The largest absolute Gasteiger partial charge is 0.379 e. The van der Waals surface area contributed by atoms with Crippen LogP contribution in [0.4, 0.5) is 11.4 Å². The first-order valence-corrected chi connectivity index (χ1v) is 14.6. The van der Waals surface area contributed by atoms with Crippen molar-refractivity contribution in [3.8, 4) is 0 Å². The molecule has 1 aromatic carbocycles. The van der Waals surface area contributed by atoms with Gasteiger partial charge in [-0.15, -0.1) is 0 Å². The van der Waals surface area contributed by atoms with Crippen molar-refractivity contribution < 1.29 is 14.3 Å². The molecule has 0 spiro atoms. The number of carbonyl (C=O) groups excluding carboxylic acids is 1. The minimum Gasteiger partial charge on any atom is -0.379 e. The summed E-state index contributed by atoms with van der Waals surface area (Å²) in [6.45, 7) is 12.1. The van der Waals surface area contributed by atoms with E-state index in [2.05, 4.69) is 57.0 Å². The lowest BCUT2D eigenvalue weighted by molar-refractivity contribution is -0.119. The van der Waals surface area contributed by atoms with Crippen LogP contribution in [-0.4, -0.2) is 72.0 Å². The standard InChI is InChI=1S/C31H40N6O3S/c1-21-18-24(9-10-26(21)33-28(38)20-39-4)37-30(29(34-31(37)41)27-8-5-6-11-32-27)25-19-22(2)36(23(25)3)13-7-12-35-14-16-40-17-15-35/h5-6,8-11,18-19,29-30H,7,12-17,20H2,1-4H3,(H,33,38)(H,34,41)/t29-,30-/m0/s1. The van der Waals surface area contributed by atoms with E-state index < -0.39 is 0 Å². The molecule has 218 valence electrons. The first kappa shape index (κ1) is 29.2. The molecule has 2 aliphatic rings. The molecule has 1 amide bonds. The zero-order valence-electron chi connectivity index (χ0n) is 24.4. The lowest BCUT2D eigenvalue weighted by Gasteiger charge is -2.29. The normalized spacial score (nSPS) is 19.4. The van der Waals surface area contributed by atoms with E-state index >= 15 is 0 Å². The highest BCUT2D eigenvalue weighted by Gasteiger charge is 2.42. The van der Waals surface area contributed by atoms with E-state index in [1.807, 2.05) is 37.4 Å². The number of carbonyl (C=O) groups is 1. The van der Waals surface area contributed by atoms with E-state index in [0.29, 0.717) is 5.11 Å². The smallest absolute Gasteiger partial charge is 0.250 e. The van der Waals surface area contributed by atoms with Crippen LogP contribution in [0.5, 0.6) is 0 Å². The number of nitrogens with zero attached hydrogens (tertiary/aromatic N) is 4. The van der Waals surface area contributed by atoms with Crippen LogP contribution in [0.25, 0.3) is 0 Å². The Hall–Kier alpha value is -3.31. The fourth-order valence-corrected chi connectivity index (χ4v) is 6.30. The number of aromatic nitrogens is 2. The Labute approximate surface area is 247 Å². The second-order valence-corrected chi connectivity index (χ2v) is 11.1. The fraction of sp³-hybridized carbons (Fsp3) is 0.452. The number of anilines is 2. The number of hydrogen-bond donors (Lipinski definition) is 2. The minimum absolute atomic E-state index is 0.0111. The van der Waals surface area contributed by atoms with Crippen molar-refractivity contribution in [2.75, 3.05) is 56.8 Å². The van der Waals surface area contributed by atoms with E-state index in [1.54, 1.807) is 0 Å². The molecule has 2 aliphatic heterocycles. The molecule has 2 fully saturated rings. The first-order valence-electron chi connectivity index (χ1n) is 14.2. The molecule has 0 aliphatic carbocycles. The molecular formula is C31H40N6O3S. The number of aryl methyl sites for hydroxylation is 2. The van der Waals surface area contributed by atoms with Crippen LogP contribution in [0.3, 0.4) is 0 Å². The topological polar surface area (TPSA) is 83.9 Å². The summed E-state index contributed by atoms with van der Waals surface area (Å²) in [5, 5.41) is 7.15. The molecule has 41 heavy (non-hydrogen) atoms. The van der Waals surface area contributed by atoms with E-state index in [0.717, 1.165) is 68.4 Å². The van der Waals surface area contributed by atoms with Crippen molar-refractivity contribution in [3.05, 3.63) is 76.9 Å².